The Balaban J connectivity index is 1.51. The molecule has 0 spiro atoms. The number of rotatable bonds is 8. The normalized spacial score (nSPS) is 10.9. The minimum atomic E-state index is -0.335. The first kappa shape index (κ1) is 22.7. The monoisotopic (exact) mass is 463 g/mol. The fourth-order valence-electron chi connectivity index (χ4n) is 3.52. The molecule has 4 aromatic rings. The van der Waals surface area contributed by atoms with Crippen molar-refractivity contribution in [1.29, 1.82) is 0 Å². The van der Waals surface area contributed by atoms with E-state index in [1.165, 1.54) is 12.1 Å². The lowest BCUT2D eigenvalue weighted by molar-refractivity contribution is -0.121. The summed E-state index contributed by atoms with van der Waals surface area (Å²) in [5.41, 5.74) is 4.63. The van der Waals surface area contributed by atoms with E-state index in [1.54, 1.807) is 16.8 Å². The van der Waals surface area contributed by atoms with Gasteiger partial charge in [0.25, 0.3) is 0 Å². The number of amides is 1. The molecule has 0 fully saturated rings. The van der Waals surface area contributed by atoms with Crippen LogP contribution in [0.15, 0.2) is 78.9 Å². The van der Waals surface area contributed by atoms with Gasteiger partial charge in [0, 0.05) is 30.0 Å². The highest BCUT2D eigenvalue weighted by atomic mass is 35.5. The fraction of sp³-hybridized carbons (Fsp3) is 0.154. The molecule has 5 nitrogen and oxygen atoms in total. The maximum Gasteiger partial charge on any atom is 0.220 e. The summed E-state index contributed by atoms with van der Waals surface area (Å²) < 4.78 is 15.6. The van der Waals surface area contributed by atoms with Crippen molar-refractivity contribution in [3.05, 3.63) is 107 Å². The number of aliphatic hydroxyl groups is 1. The van der Waals surface area contributed by atoms with Crippen LogP contribution in [0.1, 0.15) is 23.2 Å². The van der Waals surface area contributed by atoms with Gasteiger partial charge < -0.3 is 10.4 Å². The molecule has 0 atom stereocenters. The van der Waals surface area contributed by atoms with Gasteiger partial charge in [-0.25, -0.2) is 9.07 Å². The van der Waals surface area contributed by atoms with Gasteiger partial charge in [0.05, 0.1) is 23.7 Å². The van der Waals surface area contributed by atoms with Crippen molar-refractivity contribution in [2.24, 2.45) is 0 Å². The lowest BCUT2D eigenvalue weighted by Crippen LogP contribution is -2.23. The Morgan fingerprint density at radius 2 is 1.79 bits per heavy atom. The molecule has 0 saturated carbocycles. The van der Waals surface area contributed by atoms with Crippen LogP contribution in [0.5, 0.6) is 0 Å². The highest BCUT2D eigenvalue weighted by Gasteiger charge is 2.14. The van der Waals surface area contributed by atoms with E-state index in [0.717, 1.165) is 28.2 Å². The number of hydrogen-bond acceptors (Lipinski definition) is 3. The molecular formula is C26H23ClFN3O2. The molecule has 1 amide bonds. The standard InChI is InChI=1S/C26H23ClFN3O2/c27-21-5-1-3-19(13-21)16-29-26(33)12-9-23-15-25(20-4-2-6-22(28)14-20)31(30-23)24-10-7-18(17-32)8-11-24/h1-8,10-11,13-15,32H,9,12,16-17H2,(H,29,33). The van der Waals surface area contributed by atoms with E-state index in [-0.39, 0.29) is 24.8 Å². The Morgan fingerprint density at radius 1 is 1.00 bits per heavy atom. The number of carbonyl (C=O) groups excluding carboxylic acids is 1. The summed E-state index contributed by atoms with van der Waals surface area (Å²) in [4.78, 5) is 12.4. The van der Waals surface area contributed by atoms with E-state index >= 15 is 0 Å². The third-order valence-electron chi connectivity index (χ3n) is 5.23. The van der Waals surface area contributed by atoms with E-state index in [2.05, 4.69) is 10.4 Å². The van der Waals surface area contributed by atoms with Crippen LogP contribution in [-0.2, 0) is 24.4 Å². The van der Waals surface area contributed by atoms with Crippen LogP contribution in [0.4, 0.5) is 4.39 Å². The van der Waals surface area contributed by atoms with Crippen molar-refractivity contribution in [1.82, 2.24) is 15.1 Å². The third kappa shape index (κ3) is 5.86. The largest absolute Gasteiger partial charge is 0.392 e. The Bertz CT molecular complexity index is 1250. The molecule has 0 bridgehead atoms. The maximum atomic E-state index is 13.9. The highest BCUT2D eigenvalue weighted by Crippen LogP contribution is 2.25. The van der Waals surface area contributed by atoms with Crippen LogP contribution >= 0.6 is 11.6 Å². The van der Waals surface area contributed by atoms with E-state index in [0.29, 0.717) is 23.6 Å². The molecule has 0 aliphatic heterocycles. The average Bonchev–Trinajstić information content (AvgIpc) is 3.26. The summed E-state index contributed by atoms with van der Waals surface area (Å²) >= 11 is 5.99. The molecule has 0 aliphatic carbocycles. The zero-order chi connectivity index (χ0) is 23.2. The van der Waals surface area contributed by atoms with E-state index < -0.39 is 0 Å². The number of aromatic nitrogens is 2. The van der Waals surface area contributed by atoms with E-state index in [4.69, 9.17) is 11.6 Å². The van der Waals surface area contributed by atoms with Gasteiger partial charge in [-0.15, -0.1) is 0 Å². The van der Waals surface area contributed by atoms with Crippen LogP contribution in [0.25, 0.3) is 16.9 Å². The molecule has 1 aromatic heterocycles. The molecule has 3 aromatic carbocycles. The molecule has 33 heavy (non-hydrogen) atoms. The summed E-state index contributed by atoms with van der Waals surface area (Å²) in [5.74, 6) is -0.429. The maximum absolute atomic E-state index is 13.9. The zero-order valence-corrected chi connectivity index (χ0v) is 18.6. The number of nitrogens with one attached hydrogen (secondary N) is 1. The summed E-state index contributed by atoms with van der Waals surface area (Å²) in [6.07, 6.45) is 0.703. The van der Waals surface area contributed by atoms with Crippen LogP contribution in [0.3, 0.4) is 0 Å². The van der Waals surface area contributed by atoms with Gasteiger partial charge in [-0.1, -0.05) is 48.0 Å². The van der Waals surface area contributed by atoms with Gasteiger partial charge in [0.1, 0.15) is 5.82 Å². The summed E-state index contributed by atoms with van der Waals surface area (Å²) in [7, 11) is 0. The average molecular weight is 464 g/mol. The number of hydrogen-bond donors (Lipinski definition) is 2. The Kier molecular flexibility index (Phi) is 7.17. The summed E-state index contributed by atoms with van der Waals surface area (Å²) in [6, 6.07) is 22.9. The topological polar surface area (TPSA) is 67.2 Å². The molecule has 0 unspecified atom stereocenters. The lowest BCUT2D eigenvalue weighted by atomic mass is 10.1. The van der Waals surface area contributed by atoms with Crippen molar-refractivity contribution >= 4 is 17.5 Å². The van der Waals surface area contributed by atoms with Gasteiger partial charge in [-0.2, -0.15) is 5.10 Å². The predicted octanol–water partition coefficient (Wildman–Crippen LogP) is 5.07. The van der Waals surface area contributed by atoms with Crippen molar-refractivity contribution in [2.75, 3.05) is 0 Å². The number of aliphatic hydroxyl groups excluding tert-OH is 1. The van der Waals surface area contributed by atoms with Crippen molar-refractivity contribution in [2.45, 2.75) is 26.0 Å². The molecule has 0 saturated heterocycles. The fourth-order valence-corrected chi connectivity index (χ4v) is 3.74. The van der Waals surface area contributed by atoms with Gasteiger partial charge in [-0.3, -0.25) is 4.79 Å². The number of benzene rings is 3. The lowest BCUT2D eigenvalue weighted by Gasteiger charge is -2.08. The van der Waals surface area contributed by atoms with Crippen LogP contribution < -0.4 is 5.32 Å². The Hall–Kier alpha value is -3.48. The van der Waals surface area contributed by atoms with Crippen LogP contribution in [-0.4, -0.2) is 20.8 Å². The first-order chi connectivity index (χ1) is 16.0. The molecular weight excluding hydrogens is 441 g/mol. The minimum Gasteiger partial charge on any atom is -0.392 e. The first-order valence-corrected chi connectivity index (χ1v) is 11.0. The van der Waals surface area contributed by atoms with Crippen molar-refractivity contribution < 1.29 is 14.3 Å². The first-order valence-electron chi connectivity index (χ1n) is 10.6. The van der Waals surface area contributed by atoms with Crippen LogP contribution in [0.2, 0.25) is 5.02 Å². The molecule has 0 radical (unpaired) electrons. The van der Waals surface area contributed by atoms with Gasteiger partial charge >= 0.3 is 0 Å². The second kappa shape index (κ2) is 10.4. The molecule has 2 N–H and O–H groups in total. The minimum absolute atomic E-state index is 0.0499. The Morgan fingerprint density at radius 3 is 2.52 bits per heavy atom. The number of aryl methyl sites for hydroxylation is 1. The quantitative estimate of drug-likeness (QED) is 0.383. The Labute approximate surface area is 196 Å². The van der Waals surface area contributed by atoms with Crippen molar-refractivity contribution in [3.8, 4) is 16.9 Å². The molecule has 4 rings (SSSR count). The molecule has 1 heterocycles. The summed E-state index contributed by atoms with van der Waals surface area (Å²) in [6.45, 7) is 0.352. The molecule has 0 aliphatic rings. The molecule has 7 heteroatoms. The molecule has 168 valence electrons. The second-order valence-corrected chi connectivity index (χ2v) is 8.11. The summed E-state index contributed by atoms with van der Waals surface area (Å²) in [5, 5.41) is 17.5. The van der Waals surface area contributed by atoms with E-state index in [1.807, 2.05) is 54.6 Å². The predicted molar refractivity (Wildman–Crippen MR) is 127 cm³/mol. The van der Waals surface area contributed by atoms with Gasteiger partial charge in [0.2, 0.25) is 5.91 Å². The van der Waals surface area contributed by atoms with Gasteiger partial charge in [-0.05, 0) is 53.6 Å². The SMILES string of the molecule is O=C(CCc1cc(-c2cccc(F)c2)n(-c2ccc(CO)cc2)n1)NCc1cccc(Cl)c1. The number of halogens is 2. The number of carbonyl (C=O) groups is 1. The van der Waals surface area contributed by atoms with Crippen LogP contribution in [0, 0.1) is 5.82 Å². The van der Waals surface area contributed by atoms with E-state index in [9.17, 15) is 14.3 Å². The number of nitrogens with zero attached hydrogens (tertiary/aromatic N) is 2. The third-order valence-corrected chi connectivity index (χ3v) is 5.47. The smallest absolute Gasteiger partial charge is 0.220 e. The van der Waals surface area contributed by atoms with Gasteiger partial charge in [0.15, 0.2) is 0 Å². The highest BCUT2D eigenvalue weighted by molar-refractivity contribution is 6.30. The second-order valence-electron chi connectivity index (χ2n) is 7.67. The zero-order valence-electron chi connectivity index (χ0n) is 17.8. The van der Waals surface area contributed by atoms with Crippen molar-refractivity contribution in [3.63, 3.8) is 0 Å².